The molecular weight excluding hydrogens is 460 g/mol. The first kappa shape index (κ1) is 22.4. The van der Waals surface area contributed by atoms with Crippen LogP contribution in [-0.2, 0) is 0 Å². The summed E-state index contributed by atoms with van der Waals surface area (Å²) in [6.07, 6.45) is 6.92. The highest BCUT2D eigenvalue weighted by molar-refractivity contribution is 6.13. The van der Waals surface area contributed by atoms with Crippen LogP contribution in [0.1, 0.15) is 28.4 Å². The third-order valence-electron chi connectivity index (χ3n) is 7.52. The number of aromatic nitrogens is 1. The van der Waals surface area contributed by atoms with Gasteiger partial charge in [0.1, 0.15) is 6.04 Å². The largest absolute Gasteiger partial charge is 0.269 e. The number of fused-ring (bicyclic) bond motifs is 3. The summed E-state index contributed by atoms with van der Waals surface area (Å²) in [7, 11) is 0. The number of benzene rings is 4. The maximum absolute atomic E-state index is 5.42. The quantitative estimate of drug-likeness (QED) is 0.245. The lowest BCUT2D eigenvalue weighted by molar-refractivity contribution is -0.380. The van der Waals surface area contributed by atoms with Crippen LogP contribution in [0.3, 0.4) is 0 Å². The van der Waals surface area contributed by atoms with Gasteiger partial charge in [0.15, 0.2) is 0 Å². The molecule has 1 N–H and O–H groups in total. The van der Waals surface area contributed by atoms with Crippen LogP contribution in [-0.4, -0.2) is 5.71 Å². The van der Waals surface area contributed by atoms with E-state index in [0.717, 1.165) is 22.7 Å². The zero-order valence-corrected chi connectivity index (χ0v) is 21.0. The Morgan fingerprint density at radius 1 is 0.579 bits per heavy atom. The van der Waals surface area contributed by atoms with Crippen molar-refractivity contribution in [2.75, 3.05) is 0 Å². The van der Waals surface area contributed by atoms with Gasteiger partial charge < -0.3 is 0 Å². The predicted octanol–water partition coefficient (Wildman–Crippen LogP) is 8.11. The van der Waals surface area contributed by atoms with E-state index in [9.17, 15) is 0 Å². The molecule has 0 saturated carbocycles. The molecule has 1 aliphatic heterocycles. The second kappa shape index (κ2) is 9.57. The van der Waals surface area contributed by atoms with E-state index >= 15 is 0 Å². The molecule has 0 saturated heterocycles. The van der Waals surface area contributed by atoms with Crippen LogP contribution in [0, 0.1) is 5.92 Å². The molecule has 180 valence electrons. The van der Waals surface area contributed by atoms with Gasteiger partial charge in [0.2, 0.25) is 11.4 Å². The first-order valence-electron chi connectivity index (χ1n) is 13.1. The number of pyridine rings is 1. The number of H-pyrrole nitrogens is 1. The molecule has 0 spiro atoms. The molecule has 5 aromatic rings. The molecule has 4 aromatic carbocycles. The fourth-order valence-electron chi connectivity index (χ4n) is 5.67. The Balaban J connectivity index is 1.47. The molecule has 38 heavy (non-hydrogen) atoms. The second-order valence-electron chi connectivity index (χ2n) is 9.83. The highest BCUT2D eigenvalue weighted by Crippen LogP contribution is 2.46. The van der Waals surface area contributed by atoms with Crippen molar-refractivity contribution in [2.45, 2.75) is 6.04 Å². The fraction of sp³-hybridized carbons (Fsp3) is 0.0556. The van der Waals surface area contributed by atoms with Crippen molar-refractivity contribution in [1.82, 2.24) is 0 Å². The highest BCUT2D eigenvalue weighted by Gasteiger charge is 2.38. The van der Waals surface area contributed by atoms with Gasteiger partial charge >= 0.3 is 0 Å². The van der Waals surface area contributed by atoms with Crippen LogP contribution in [0.15, 0.2) is 145 Å². The summed E-state index contributed by atoms with van der Waals surface area (Å²) in [6, 6.07) is 44.7. The smallest absolute Gasteiger partial charge is 0.213 e. The van der Waals surface area contributed by atoms with Gasteiger partial charge in [0.25, 0.3) is 0 Å². The summed E-state index contributed by atoms with van der Waals surface area (Å²) in [5.41, 5.74) is 11.8. The number of aliphatic imine (C=N–C) groups is 1. The molecule has 7 rings (SSSR count). The van der Waals surface area contributed by atoms with Crippen molar-refractivity contribution >= 4 is 17.4 Å². The van der Waals surface area contributed by atoms with Gasteiger partial charge in [-0.25, -0.2) is 4.98 Å². The van der Waals surface area contributed by atoms with Crippen LogP contribution in [0.5, 0.6) is 0 Å². The standard InChI is InChI=1S/C36H26N2/c1-5-13-25(14-6-1)31-23-33(27-17-9-3-10-18-27)37-35-29(31)21-22-30-32(26-15-7-2-8-16-26)24-34(38-36(30)35)28-19-11-4-12-20-28/h1-24,29,35H/p+1. The molecule has 2 heterocycles. The molecular formula is C36H27N2+. The lowest BCUT2D eigenvalue weighted by Gasteiger charge is -2.31. The number of rotatable bonds is 4. The van der Waals surface area contributed by atoms with E-state index in [4.69, 9.17) is 4.99 Å². The van der Waals surface area contributed by atoms with Crippen LogP contribution >= 0.6 is 0 Å². The van der Waals surface area contributed by atoms with Crippen LogP contribution in [0.4, 0.5) is 0 Å². The number of dihydropyridines is 1. The van der Waals surface area contributed by atoms with E-state index in [1.54, 1.807) is 0 Å². The molecule has 0 bridgehead atoms. The lowest BCUT2D eigenvalue weighted by Crippen LogP contribution is -2.29. The predicted molar refractivity (Wildman–Crippen MR) is 157 cm³/mol. The van der Waals surface area contributed by atoms with Crippen LogP contribution in [0.25, 0.3) is 34.0 Å². The van der Waals surface area contributed by atoms with Crippen molar-refractivity contribution < 1.29 is 4.98 Å². The Labute approximate surface area is 223 Å². The number of allylic oxidation sites excluding steroid dienone is 1. The maximum atomic E-state index is 5.42. The zero-order chi connectivity index (χ0) is 25.3. The van der Waals surface area contributed by atoms with E-state index < -0.39 is 0 Å². The Morgan fingerprint density at radius 2 is 1.13 bits per heavy atom. The van der Waals surface area contributed by atoms with Gasteiger partial charge in [-0.05, 0) is 40.5 Å². The van der Waals surface area contributed by atoms with Gasteiger partial charge in [-0.2, -0.15) is 0 Å². The van der Waals surface area contributed by atoms with Gasteiger partial charge in [0, 0.05) is 23.1 Å². The van der Waals surface area contributed by atoms with E-state index in [0.29, 0.717) is 0 Å². The second-order valence-corrected chi connectivity index (χ2v) is 9.83. The minimum Gasteiger partial charge on any atom is -0.269 e. The summed E-state index contributed by atoms with van der Waals surface area (Å²) in [6.45, 7) is 0. The number of nitrogens with zero attached hydrogens (tertiary/aromatic N) is 1. The lowest BCUT2D eigenvalue weighted by atomic mass is 9.76. The van der Waals surface area contributed by atoms with Crippen molar-refractivity contribution in [3.05, 3.63) is 162 Å². The van der Waals surface area contributed by atoms with Crippen molar-refractivity contribution in [3.63, 3.8) is 0 Å². The number of nitrogens with one attached hydrogen (secondary N) is 1. The van der Waals surface area contributed by atoms with E-state index in [1.165, 1.54) is 33.4 Å². The third-order valence-corrected chi connectivity index (χ3v) is 7.52. The minimum absolute atomic E-state index is 0.0588. The molecule has 2 nitrogen and oxygen atoms in total. The van der Waals surface area contributed by atoms with Gasteiger partial charge in [-0.3, -0.25) is 4.99 Å². The highest BCUT2D eigenvalue weighted by atomic mass is 14.9. The van der Waals surface area contributed by atoms with Crippen LogP contribution < -0.4 is 4.98 Å². The molecule has 0 amide bonds. The number of hydrogen-bond donors (Lipinski definition) is 0. The molecule has 1 aliphatic carbocycles. The molecule has 2 atom stereocenters. The summed E-state index contributed by atoms with van der Waals surface area (Å²) in [5, 5.41) is 0. The Kier molecular flexibility index (Phi) is 5.64. The molecule has 0 fully saturated rings. The van der Waals surface area contributed by atoms with Gasteiger partial charge in [-0.15, -0.1) is 0 Å². The minimum atomic E-state index is -0.0588. The maximum Gasteiger partial charge on any atom is 0.213 e. The summed E-state index contributed by atoms with van der Waals surface area (Å²) in [5.74, 6) is 0.142. The average molecular weight is 488 g/mol. The Hall–Kier alpha value is -4.82. The summed E-state index contributed by atoms with van der Waals surface area (Å²) >= 11 is 0. The third kappa shape index (κ3) is 4.01. The van der Waals surface area contributed by atoms with E-state index in [-0.39, 0.29) is 12.0 Å². The topological polar surface area (TPSA) is 26.5 Å². The monoisotopic (exact) mass is 487 g/mol. The fourth-order valence-corrected chi connectivity index (χ4v) is 5.67. The molecule has 2 unspecified atom stereocenters. The Morgan fingerprint density at radius 3 is 1.76 bits per heavy atom. The van der Waals surface area contributed by atoms with E-state index in [2.05, 4.69) is 151 Å². The first-order chi connectivity index (χ1) is 18.8. The van der Waals surface area contributed by atoms with Crippen LogP contribution in [0.2, 0.25) is 0 Å². The van der Waals surface area contributed by atoms with Crippen molar-refractivity contribution in [1.29, 1.82) is 0 Å². The molecule has 2 heteroatoms. The summed E-state index contributed by atoms with van der Waals surface area (Å²) < 4.78 is 0. The number of aromatic amines is 1. The first-order valence-corrected chi connectivity index (χ1v) is 13.1. The summed E-state index contributed by atoms with van der Waals surface area (Å²) in [4.78, 5) is 9.27. The number of hydrogen-bond acceptors (Lipinski definition) is 1. The molecule has 1 aromatic heterocycles. The van der Waals surface area contributed by atoms with Gasteiger partial charge in [0.05, 0.1) is 11.3 Å². The van der Waals surface area contributed by atoms with Crippen molar-refractivity contribution in [2.24, 2.45) is 10.9 Å². The SMILES string of the molecule is C1=CC2C(c3ccccc3)=CC(c3ccccc3)=NC2c2[nH+]c(-c3ccccc3)cc(-c3ccccc3)c21. The molecule has 0 radical (unpaired) electrons. The molecule has 2 aliphatic rings. The van der Waals surface area contributed by atoms with Crippen molar-refractivity contribution in [3.8, 4) is 22.4 Å². The zero-order valence-electron chi connectivity index (χ0n) is 21.0. The van der Waals surface area contributed by atoms with E-state index in [1.807, 2.05) is 0 Å². The Bertz CT molecular complexity index is 1680. The normalized spacial score (nSPS) is 17.7. The van der Waals surface area contributed by atoms with Gasteiger partial charge in [-0.1, -0.05) is 121 Å². The average Bonchev–Trinajstić information content (AvgIpc) is 3.01.